The number of benzene rings is 1. The highest BCUT2D eigenvalue weighted by Crippen LogP contribution is 2.24. The first-order valence-electron chi connectivity index (χ1n) is 6.35. The van der Waals surface area contributed by atoms with Gasteiger partial charge in [0.05, 0.1) is 10.9 Å². The van der Waals surface area contributed by atoms with Crippen molar-refractivity contribution >= 4 is 21.4 Å². The number of hydrogen-bond donors (Lipinski definition) is 1. The summed E-state index contributed by atoms with van der Waals surface area (Å²) in [5.74, 6) is 0.767. The molecule has 0 aliphatic carbocycles. The number of nitrogens with one attached hydrogen (secondary N) is 1. The Kier molecular flexibility index (Phi) is 4.65. The Balaban J connectivity index is 2.23. The Hall–Kier alpha value is -1.44. The predicted octanol–water partition coefficient (Wildman–Crippen LogP) is 1.72. The molecule has 1 unspecified atom stereocenters. The summed E-state index contributed by atoms with van der Waals surface area (Å²) in [6.07, 6.45) is 2.79. The fourth-order valence-electron chi connectivity index (χ4n) is 2.09. The fourth-order valence-corrected chi connectivity index (χ4v) is 3.34. The summed E-state index contributed by atoms with van der Waals surface area (Å²) >= 11 is 6.14. The van der Waals surface area contributed by atoms with Gasteiger partial charge in [-0.25, -0.2) is 8.42 Å². The van der Waals surface area contributed by atoms with Gasteiger partial charge in [0.1, 0.15) is 12.2 Å². The minimum atomic E-state index is -3.32. The molecule has 1 heterocycles. The number of rotatable bonds is 5. The number of aryl methyl sites for hydroxylation is 1. The third kappa shape index (κ3) is 3.61. The maximum Gasteiger partial charge on any atom is 0.175 e. The maximum absolute atomic E-state index is 11.8. The van der Waals surface area contributed by atoms with Crippen LogP contribution in [-0.4, -0.2) is 29.4 Å². The van der Waals surface area contributed by atoms with Gasteiger partial charge < -0.3 is 9.88 Å². The lowest BCUT2D eigenvalue weighted by Gasteiger charge is -2.15. The van der Waals surface area contributed by atoms with Crippen LogP contribution in [0.5, 0.6) is 0 Å². The molecule has 0 amide bonds. The fraction of sp³-hybridized carbons (Fsp3) is 0.385. The van der Waals surface area contributed by atoms with Crippen LogP contribution in [0.15, 0.2) is 29.4 Å². The highest BCUT2D eigenvalue weighted by atomic mass is 35.5. The number of aromatic nitrogens is 3. The minimum Gasteiger partial charge on any atom is -0.319 e. The van der Waals surface area contributed by atoms with Crippen molar-refractivity contribution in [2.75, 3.05) is 6.26 Å². The molecule has 0 spiro atoms. The molecular formula is C13H17ClN4O2S. The molecule has 1 atom stereocenters. The van der Waals surface area contributed by atoms with E-state index in [2.05, 4.69) is 15.5 Å². The molecule has 0 saturated heterocycles. The number of sulfone groups is 1. The molecule has 21 heavy (non-hydrogen) atoms. The zero-order valence-electron chi connectivity index (χ0n) is 12.0. The molecule has 0 radical (unpaired) electrons. The molecule has 2 aromatic rings. The van der Waals surface area contributed by atoms with E-state index in [9.17, 15) is 8.42 Å². The highest BCUT2D eigenvalue weighted by molar-refractivity contribution is 7.90. The summed E-state index contributed by atoms with van der Waals surface area (Å²) in [4.78, 5) is 0.243. The average Bonchev–Trinajstić information content (AvgIpc) is 2.82. The van der Waals surface area contributed by atoms with Gasteiger partial charge in [0.25, 0.3) is 0 Å². The van der Waals surface area contributed by atoms with Gasteiger partial charge in [-0.1, -0.05) is 17.7 Å². The van der Waals surface area contributed by atoms with E-state index in [1.54, 1.807) is 24.5 Å². The third-order valence-electron chi connectivity index (χ3n) is 3.19. The lowest BCUT2D eigenvalue weighted by atomic mass is 10.2. The van der Waals surface area contributed by atoms with Crippen LogP contribution in [0.25, 0.3) is 0 Å². The first-order valence-corrected chi connectivity index (χ1v) is 8.62. The molecule has 0 saturated carbocycles. The van der Waals surface area contributed by atoms with Crippen molar-refractivity contribution in [3.63, 3.8) is 0 Å². The van der Waals surface area contributed by atoms with Crippen LogP contribution in [0.3, 0.4) is 0 Å². The van der Waals surface area contributed by atoms with Gasteiger partial charge in [-0.3, -0.25) is 0 Å². The van der Waals surface area contributed by atoms with Gasteiger partial charge in [-0.05, 0) is 19.1 Å². The van der Waals surface area contributed by atoms with Crippen molar-refractivity contribution in [3.8, 4) is 0 Å². The first kappa shape index (κ1) is 15.9. The lowest BCUT2D eigenvalue weighted by Crippen LogP contribution is -2.22. The van der Waals surface area contributed by atoms with Crippen LogP contribution >= 0.6 is 11.6 Å². The Morgan fingerprint density at radius 3 is 2.71 bits per heavy atom. The van der Waals surface area contributed by atoms with Gasteiger partial charge in [-0.2, -0.15) is 0 Å². The number of nitrogens with zero attached hydrogens (tertiary/aromatic N) is 3. The van der Waals surface area contributed by atoms with Crippen LogP contribution < -0.4 is 5.32 Å². The molecule has 0 fully saturated rings. The van der Waals surface area contributed by atoms with Crippen molar-refractivity contribution < 1.29 is 8.42 Å². The molecular weight excluding hydrogens is 312 g/mol. The second kappa shape index (κ2) is 6.13. The maximum atomic E-state index is 11.8. The Bertz CT molecular complexity index is 742. The van der Waals surface area contributed by atoms with Gasteiger partial charge in [0, 0.05) is 30.4 Å². The number of halogens is 1. The van der Waals surface area contributed by atoms with Crippen LogP contribution in [0.4, 0.5) is 0 Å². The van der Waals surface area contributed by atoms with Gasteiger partial charge in [-0.15, -0.1) is 10.2 Å². The van der Waals surface area contributed by atoms with E-state index in [4.69, 9.17) is 11.6 Å². The minimum absolute atomic E-state index is 0.0822. The molecule has 6 nitrogen and oxygen atoms in total. The molecule has 1 N–H and O–H groups in total. The zero-order chi connectivity index (χ0) is 15.6. The molecule has 0 aliphatic rings. The second-order valence-corrected chi connectivity index (χ2v) is 7.28. The van der Waals surface area contributed by atoms with E-state index >= 15 is 0 Å². The van der Waals surface area contributed by atoms with E-state index in [-0.39, 0.29) is 10.9 Å². The quantitative estimate of drug-likeness (QED) is 0.904. The van der Waals surface area contributed by atoms with Gasteiger partial charge in [0.15, 0.2) is 9.84 Å². The summed E-state index contributed by atoms with van der Waals surface area (Å²) in [5.41, 5.74) is 0.565. The zero-order valence-corrected chi connectivity index (χ0v) is 13.6. The summed E-state index contributed by atoms with van der Waals surface area (Å²) < 4.78 is 25.4. The molecule has 0 aliphatic heterocycles. The predicted molar refractivity (Wildman–Crippen MR) is 80.8 cm³/mol. The van der Waals surface area contributed by atoms with Crippen LogP contribution in [0.1, 0.15) is 24.4 Å². The molecule has 0 bridgehead atoms. The van der Waals surface area contributed by atoms with E-state index in [1.807, 2.05) is 18.5 Å². The lowest BCUT2D eigenvalue weighted by molar-refractivity contribution is 0.524. The van der Waals surface area contributed by atoms with Crippen LogP contribution in [0.2, 0.25) is 5.02 Å². The summed E-state index contributed by atoms with van der Waals surface area (Å²) in [7, 11) is -1.47. The van der Waals surface area contributed by atoms with E-state index in [1.165, 1.54) is 6.26 Å². The molecule has 2 rings (SSSR count). The Morgan fingerprint density at radius 2 is 2.14 bits per heavy atom. The number of hydrogen-bond acceptors (Lipinski definition) is 5. The molecule has 1 aromatic heterocycles. The summed E-state index contributed by atoms with van der Waals surface area (Å²) in [5, 5.41) is 11.5. The van der Waals surface area contributed by atoms with E-state index in [0.29, 0.717) is 17.1 Å². The molecule has 1 aromatic carbocycles. The average molecular weight is 329 g/mol. The first-order chi connectivity index (χ1) is 9.80. The van der Waals surface area contributed by atoms with Crippen molar-refractivity contribution in [3.05, 3.63) is 40.9 Å². The van der Waals surface area contributed by atoms with Gasteiger partial charge >= 0.3 is 0 Å². The van der Waals surface area contributed by atoms with Gasteiger partial charge in [0.2, 0.25) is 0 Å². The highest BCUT2D eigenvalue weighted by Gasteiger charge is 2.17. The van der Waals surface area contributed by atoms with Crippen LogP contribution in [0, 0.1) is 0 Å². The van der Waals surface area contributed by atoms with Crippen molar-refractivity contribution in [2.45, 2.75) is 24.4 Å². The smallest absolute Gasteiger partial charge is 0.175 e. The third-order valence-corrected chi connectivity index (χ3v) is 4.73. The standard InChI is InChI=1S/C13H17ClN4O2S/c1-9(13-17-16-8-18(13)2)15-7-10-11(14)5-4-6-12(10)21(3,19)20/h4-6,8-9,15H,7H2,1-3H3. The monoisotopic (exact) mass is 328 g/mol. The largest absolute Gasteiger partial charge is 0.319 e. The van der Waals surface area contributed by atoms with Crippen molar-refractivity contribution in [2.24, 2.45) is 7.05 Å². The normalized spacial score (nSPS) is 13.3. The second-order valence-electron chi connectivity index (χ2n) is 4.89. The Morgan fingerprint density at radius 1 is 1.43 bits per heavy atom. The van der Waals surface area contributed by atoms with Crippen LogP contribution in [-0.2, 0) is 23.4 Å². The Labute approximate surface area is 129 Å². The summed E-state index contributed by atoms with van der Waals surface area (Å²) in [6, 6.07) is 4.79. The molecule has 114 valence electrons. The van der Waals surface area contributed by atoms with E-state index < -0.39 is 9.84 Å². The molecule has 8 heteroatoms. The van der Waals surface area contributed by atoms with Crippen molar-refractivity contribution in [1.29, 1.82) is 0 Å². The topological polar surface area (TPSA) is 76.9 Å². The van der Waals surface area contributed by atoms with E-state index in [0.717, 1.165) is 5.82 Å². The SMILES string of the molecule is CC(NCc1c(Cl)cccc1S(C)(=O)=O)c1nncn1C. The van der Waals surface area contributed by atoms with Crippen molar-refractivity contribution in [1.82, 2.24) is 20.1 Å². The summed E-state index contributed by atoms with van der Waals surface area (Å²) in [6.45, 7) is 2.26.